The molecule has 3 aromatic heterocycles. The Balaban J connectivity index is 0.000000179. The van der Waals surface area contributed by atoms with Gasteiger partial charge in [0, 0.05) is 51.0 Å². The molecule has 0 aliphatic rings. The molecule has 0 amide bonds. The third kappa shape index (κ3) is 4.96. The Bertz CT molecular complexity index is 1720. The van der Waals surface area contributed by atoms with Crippen molar-refractivity contribution in [2.45, 2.75) is 13.8 Å². The predicted molar refractivity (Wildman–Crippen MR) is 141 cm³/mol. The van der Waals surface area contributed by atoms with Crippen LogP contribution < -0.4 is 5.56 Å². The molecule has 0 fully saturated rings. The van der Waals surface area contributed by atoms with E-state index in [1.807, 2.05) is 0 Å². The number of halogens is 7. The summed E-state index contributed by atoms with van der Waals surface area (Å²) in [6, 6.07) is 8.69. The number of pyridine rings is 3. The molecule has 0 radical (unpaired) electrons. The molecule has 4 nitrogen and oxygen atoms in total. The number of aromatic nitrogens is 3. The van der Waals surface area contributed by atoms with Crippen molar-refractivity contribution in [2.75, 3.05) is 0 Å². The number of fused-ring (bicyclic) bond motifs is 2. The van der Waals surface area contributed by atoms with Crippen LogP contribution in [-0.4, -0.2) is 14.5 Å². The molecule has 0 aliphatic carbocycles. The summed E-state index contributed by atoms with van der Waals surface area (Å²) in [6.07, 6.45) is 1.56. The normalized spacial score (nSPS) is 11.0. The average Bonchev–Trinajstić information content (AvgIpc) is 2.80. The third-order valence-corrected chi connectivity index (χ3v) is 8.06. The minimum Gasteiger partial charge on any atom is -0.269 e. The van der Waals surface area contributed by atoms with Crippen LogP contribution in [-0.2, 0) is 0 Å². The summed E-state index contributed by atoms with van der Waals surface area (Å²) in [5, 5.41) is 0.499. The Morgan fingerprint density at radius 3 is 1.83 bits per heavy atom. The minimum atomic E-state index is -0.713. The maximum absolute atomic E-state index is 13.9. The zero-order valence-corrected chi connectivity index (χ0v) is 23.3. The molecule has 0 atom stereocenters. The van der Waals surface area contributed by atoms with Crippen LogP contribution in [0.2, 0.25) is 0 Å². The Morgan fingerprint density at radius 2 is 1.28 bits per heavy atom. The Hall–Kier alpha value is -2.63. The maximum atomic E-state index is 13.9. The van der Waals surface area contributed by atoms with Crippen LogP contribution in [0, 0.1) is 37.1 Å². The van der Waals surface area contributed by atoms with Gasteiger partial charge in [0.25, 0.3) is 5.56 Å². The van der Waals surface area contributed by atoms with Gasteiger partial charge in [-0.25, -0.2) is 27.5 Å². The van der Waals surface area contributed by atoms with Crippen molar-refractivity contribution in [1.82, 2.24) is 14.5 Å². The van der Waals surface area contributed by atoms with Gasteiger partial charge in [0.2, 0.25) is 0 Å². The van der Waals surface area contributed by atoms with E-state index in [0.717, 1.165) is 23.8 Å². The SMILES string of the molecule is Cc1c(-n2ccccc2=O)nc2cc(F)cc(F)c2c1Br.Cc1c(Br)nc2cc(F)cc(F)c2c1Br. The van der Waals surface area contributed by atoms with Crippen LogP contribution in [0.4, 0.5) is 17.6 Å². The lowest BCUT2D eigenvalue weighted by Gasteiger charge is -2.12. The van der Waals surface area contributed by atoms with Crippen molar-refractivity contribution in [1.29, 1.82) is 0 Å². The number of benzene rings is 2. The van der Waals surface area contributed by atoms with E-state index in [0.29, 0.717) is 30.3 Å². The first-order chi connectivity index (χ1) is 17.0. The van der Waals surface area contributed by atoms with Crippen molar-refractivity contribution < 1.29 is 17.6 Å². The number of nitrogens with zero attached hydrogens (tertiary/aromatic N) is 3. The fraction of sp³-hybridized carbons (Fsp3) is 0.0800. The zero-order valence-electron chi connectivity index (χ0n) is 18.5. The van der Waals surface area contributed by atoms with E-state index in [9.17, 15) is 22.4 Å². The van der Waals surface area contributed by atoms with Gasteiger partial charge in [-0.05, 0) is 73.3 Å². The Labute approximate surface area is 227 Å². The number of rotatable bonds is 1. The van der Waals surface area contributed by atoms with Crippen molar-refractivity contribution >= 4 is 69.6 Å². The largest absolute Gasteiger partial charge is 0.269 e. The van der Waals surface area contributed by atoms with E-state index >= 15 is 0 Å². The van der Waals surface area contributed by atoms with E-state index in [-0.39, 0.29) is 22.0 Å². The molecule has 184 valence electrons. The van der Waals surface area contributed by atoms with Crippen molar-refractivity contribution in [2.24, 2.45) is 0 Å². The Morgan fingerprint density at radius 1 is 0.750 bits per heavy atom. The molecule has 5 aromatic rings. The maximum Gasteiger partial charge on any atom is 0.256 e. The second kappa shape index (κ2) is 10.4. The predicted octanol–water partition coefficient (Wildman–Crippen LogP) is 8.08. The summed E-state index contributed by atoms with van der Waals surface area (Å²) in [5.41, 5.74) is 1.55. The van der Waals surface area contributed by atoms with Crippen molar-refractivity contribution in [3.8, 4) is 5.82 Å². The molecule has 2 aromatic carbocycles. The second-order valence-electron chi connectivity index (χ2n) is 7.69. The topological polar surface area (TPSA) is 47.8 Å². The monoisotopic (exact) mass is 685 g/mol. The zero-order chi connectivity index (χ0) is 26.3. The van der Waals surface area contributed by atoms with Gasteiger partial charge in [-0.2, -0.15) is 0 Å². The average molecular weight is 688 g/mol. The molecular weight excluding hydrogens is 674 g/mol. The van der Waals surface area contributed by atoms with Crippen LogP contribution >= 0.6 is 47.8 Å². The molecule has 0 spiro atoms. The summed E-state index contributed by atoms with van der Waals surface area (Å²) in [5.74, 6) is -2.31. The van der Waals surface area contributed by atoms with E-state index in [1.165, 1.54) is 16.7 Å². The van der Waals surface area contributed by atoms with Crippen molar-refractivity contribution in [3.63, 3.8) is 0 Å². The smallest absolute Gasteiger partial charge is 0.256 e. The van der Waals surface area contributed by atoms with Gasteiger partial charge in [0.1, 0.15) is 33.7 Å². The molecular formula is C25H14Br3F4N3O. The summed E-state index contributed by atoms with van der Waals surface area (Å²) >= 11 is 9.82. The van der Waals surface area contributed by atoms with Gasteiger partial charge in [-0.3, -0.25) is 9.36 Å². The standard InChI is InChI=1S/C15H9BrF2N2O.C10H5Br2F2N/c1-8-14(16)13-10(18)6-9(17)7-11(13)19-15(8)20-5-3-2-4-12(20)21;1-4-9(11)8-6(14)2-5(13)3-7(8)15-10(4)12/h2-7H,1H3;2-3H,1H3. The van der Waals surface area contributed by atoms with E-state index in [2.05, 4.69) is 57.8 Å². The quantitative estimate of drug-likeness (QED) is 0.132. The van der Waals surface area contributed by atoms with Crippen LogP contribution in [0.15, 0.2) is 67.0 Å². The van der Waals surface area contributed by atoms with Crippen LogP contribution in [0.25, 0.3) is 27.6 Å². The lowest BCUT2D eigenvalue weighted by molar-refractivity contribution is 0.590. The summed E-state index contributed by atoms with van der Waals surface area (Å²) < 4.78 is 56.7. The highest BCUT2D eigenvalue weighted by atomic mass is 79.9. The molecule has 5 rings (SSSR count). The van der Waals surface area contributed by atoms with Gasteiger partial charge >= 0.3 is 0 Å². The Kier molecular flexibility index (Phi) is 7.63. The van der Waals surface area contributed by atoms with Crippen LogP contribution in [0.3, 0.4) is 0 Å². The first-order valence-electron chi connectivity index (χ1n) is 10.2. The van der Waals surface area contributed by atoms with Gasteiger partial charge in [-0.15, -0.1) is 0 Å². The summed E-state index contributed by atoms with van der Waals surface area (Å²) in [7, 11) is 0. The molecule has 0 saturated carbocycles. The lowest BCUT2D eigenvalue weighted by atomic mass is 10.1. The minimum absolute atomic E-state index is 0.149. The second-order valence-corrected chi connectivity index (χ2v) is 10.0. The first-order valence-corrected chi connectivity index (χ1v) is 12.6. The van der Waals surface area contributed by atoms with Crippen LogP contribution in [0.1, 0.15) is 11.1 Å². The van der Waals surface area contributed by atoms with E-state index < -0.39 is 23.3 Å². The molecule has 0 unspecified atom stereocenters. The molecule has 0 saturated heterocycles. The molecule has 11 heteroatoms. The third-order valence-electron chi connectivity index (χ3n) is 5.31. The van der Waals surface area contributed by atoms with E-state index in [4.69, 9.17) is 0 Å². The van der Waals surface area contributed by atoms with Crippen LogP contribution in [0.5, 0.6) is 0 Å². The first kappa shape index (κ1) is 26.4. The fourth-order valence-electron chi connectivity index (χ4n) is 3.52. The molecule has 0 bridgehead atoms. The lowest BCUT2D eigenvalue weighted by Crippen LogP contribution is -2.18. The summed E-state index contributed by atoms with van der Waals surface area (Å²) in [6.45, 7) is 3.51. The van der Waals surface area contributed by atoms with Gasteiger partial charge in [-0.1, -0.05) is 6.07 Å². The molecule has 3 heterocycles. The van der Waals surface area contributed by atoms with Gasteiger partial charge < -0.3 is 0 Å². The fourth-order valence-corrected chi connectivity index (χ4v) is 5.32. The highest BCUT2D eigenvalue weighted by Gasteiger charge is 2.16. The van der Waals surface area contributed by atoms with E-state index in [1.54, 1.807) is 32.2 Å². The number of hydrogen-bond donors (Lipinski definition) is 0. The molecule has 0 N–H and O–H groups in total. The van der Waals surface area contributed by atoms with Gasteiger partial charge in [0.05, 0.1) is 21.8 Å². The molecule has 36 heavy (non-hydrogen) atoms. The highest BCUT2D eigenvalue weighted by Crippen LogP contribution is 2.33. The van der Waals surface area contributed by atoms with Gasteiger partial charge in [0.15, 0.2) is 0 Å². The number of hydrogen-bond acceptors (Lipinski definition) is 3. The van der Waals surface area contributed by atoms with Crippen molar-refractivity contribution in [3.05, 3.63) is 107 Å². The highest BCUT2D eigenvalue weighted by molar-refractivity contribution is 9.11. The summed E-state index contributed by atoms with van der Waals surface area (Å²) in [4.78, 5) is 20.2. The molecule has 0 aliphatic heterocycles.